The predicted molar refractivity (Wildman–Crippen MR) is 96.6 cm³/mol. The average Bonchev–Trinajstić information content (AvgIpc) is 2.57. The van der Waals surface area contributed by atoms with Gasteiger partial charge in [0.05, 0.1) is 0 Å². The van der Waals surface area contributed by atoms with Crippen LogP contribution in [0.25, 0.3) is 0 Å². The Morgan fingerprint density at radius 1 is 0.640 bits per heavy atom. The van der Waals surface area contributed by atoms with E-state index in [9.17, 15) is 19.8 Å². The van der Waals surface area contributed by atoms with Crippen LogP contribution in [0.3, 0.4) is 0 Å². The molecule has 2 saturated carbocycles. The molecule has 0 saturated heterocycles. The van der Waals surface area contributed by atoms with E-state index in [0.717, 1.165) is 37.5 Å². The smallest absolute Gasteiger partial charge is 0.550 e. The summed E-state index contributed by atoms with van der Waals surface area (Å²) in [5, 5.41) is 20.3. The topological polar surface area (TPSA) is 80.3 Å². The van der Waals surface area contributed by atoms with Gasteiger partial charge in [-0.2, -0.15) is 0 Å². The van der Waals surface area contributed by atoms with E-state index in [-0.39, 0.29) is 50.6 Å². The Kier molecular flexibility index (Phi) is 16.5. The van der Waals surface area contributed by atoms with Crippen molar-refractivity contribution in [1.82, 2.24) is 0 Å². The Morgan fingerprint density at radius 3 is 1.24 bits per heavy atom. The van der Waals surface area contributed by atoms with Gasteiger partial charge in [0.25, 0.3) is 0 Å². The van der Waals surface area contributed by atoms with Crippen molar-refractivity contribution in [2.45, 2.75) is 103 Å². The molecule has 4 nitrogen and oxygen atoms in total. The standard InChI is InChI=1S/2C10H18O2.Ca/c2*11-10(12)8-4-7-9-5-2-1-3-6-9;/h2*9H,1-8H2,(H,11,12);/q;;+2/p-2. The number of aliphatic carboxylic acids is 2. The van der Waals surface area contributed by atoms with E-state index in [4.69, 9.17) is 0 Å². The predicted octanol–water partition coefficient (Wildman–Crippen LogP) is 2.59. The van der Waals surface area contributed by atoms with Gasteiger partial charge in [0, 0.05) is 11.9 Å². The largest absolute Gasteiger partial charge is 2.00 e. The summed E-state index contributed by atoms with van der Waals surface area (Å²) in [6.07, 6.45) is 17.7. The van der Waals surface area contributed by atoms with Crippen LogP contribution in [-0.2, 0) is 9.59 Å². The number of carboxylic acids is 2. The van der Waals surface area contributed by atoms with Crippen LogP contribution in [0.15, 0.2) is 0 Å². The molecule has 0 radical (unpaired) electrons. The van der Waals surface area contributed by atoms with E-state index in [1.807, 2.05) is 0 Å². The maximum Gasteiger partial charge on any atom is 2.00 e. The molecule has 0 bridgehead atoms. The Labute approximate surface area is 183 Å². The molecule has 2 rings (SSSR count). The van der Waals surface area contributed by atoms with Gasteiger partial charge in [-0.15, -0.1) is 0 Å². The zero-order valence-corrected chi connectivity index (χ0v) is 18.0. The summed E-state index contributed by atoms with van der Waals surface area (Å²) in [7, 11) is 0. The molecule has 2 fully saturated rings. The molecule has 25 heavy (non-hydrogen) atoms. The summed E-state index contributed by atoms with van der Waals surface area (Å²) < 4.78 is 0. The molecule has 140 valence electrons. The van der Waals surface area contributed by atoms with Gasteiger partial charge in [0.15, 0.2) is 0 Å². The van der Waals surface area contributed by atoms with Crippen molar-refractivity contribution in [2.24, 2.45) is 11.8 Å². The molecule has 0 heterocycles. The summed E-state index contributed by atoms with van der Waals surface area (Å²) >= 11 is 0. The van der Waals surface area contributed by atoms with Crippen LogP contribution in [0.1, 0.15) is 103 Å². The zero-order valence-electron chi connectivity index (χ0n) is 15.8. The third-order valence-corrected chi connectivity index (χ3v) is 5.44. The molecule has 2 aliphatic carbocycles. The first-order valence-corrected chi connectivity index (χ1v) is 9.97. The second-order valence-corrected chi connectivity index (χ2v) is 7.54. The van der Waals surface area contributed by atoms with E-state index in [0.29, 0.717) is 0 Å². The molecule has 0 N–H and O–H groups in total. The first kappa shape index (κ1) is 25.2. The van der Waals surface area contributed by atoms with Crippen molar-refractivity contribution in [3.8, 4) is 0 Å². The third kappa shape index (κ3) is 15.0. The summed E-state index contributed by atoms with van der Waals surface area (Å²) in [6.45, 7) is 0. The first-order chi connectivity index (χ1) is 11.6. The fourth-order valence-corrected chi connectivity index (χ4v) is 4.02. The summed E-state index contributed by atoms with van der Waals surface area (Å²) in [5.74, 6) is -0.187. The minimum atomic E-state index is -0.897. The molecule has 0 aromatic heterocycles. The quantitative estimate of drug-likeness (QED) is 0.608. The van der Waals surface area contributed by atoms with E-state index in [2.05, 4.69) is 0 Å². The molecule has 2 aliphatic rings. The Morgan fingerprint density at radius 2 is 0.960 bits per heavy atom. The molecule has 0 aromatic rings. The van der Waals surface area contributed by atoms with E-state index < -0.39 is 11.9 Å². The number of hydrogen-bond donors (Lipinski definition) is 0. The SMILES string of the molecule is O=C([O-])CCCC1CCCCC1.O=C([O-])CCCC1CCCCC1.[Ca+2]. The number of carbonyl (C=O) groups excluding carboxylic acids is 2. The molecule has 0 atom stereocenters. The van der Waals surface area contributed by atoms with Gasteiger partial charge < -0.3 is 19.8 Å². The second kappa shape index (κ2) is 16.4. The fraction of sp³-hybridized carbons (Fsp3) is 0.900. The molecule has 0 amide bonds. The van der Waals surface area contributed by atoms with E-state index in [1.165, 1.54) is 64.2 Å². The third-order valence-electron chi connectivity index (χ3n) is 5.44. The van der Waals surface area contributed by atoms with E-state index in [1.54, 1.807) is 0 Å². The number of carbonyl (C=O) groups is 2. The fourth-order valence-electron chi connectivity index (χ4n) is 4.02. The maximum absolute atomic E-state index is 10.1. The Balaban J connectivity index is 0.000000443. The van der Waals surface area contributed by atoms with Crippen molar-refractivity contribution >= 4 is 49.7 Å². The molecule has 0 unspecified atom stereocenters. The van der Waals surface area contributed by atoms with Crippen molar-refractivity contribution in [3.63, 3.8) is 0 Å². The minimum Gasteiger partial charge on any atom is -0.550 e. The number of carboxylic acid groups (broad SMARTS) is 2. The average molecular weight is 379 g/mol. The number of hydrogen-bond acceptors (Lipinski definition) is 4. The van der Waals surface area contributed by atoms with Crippen molar-refractivity contribution in [3.05, 3.63) is 0 Å². The molecule has 0 spiro atoms. The van der Waals surface area contributed by atoms with Gasteiger partial charge in [-0.3, -0.25) is 0 Å². The van der Waals surface area contributed by atoms with Gasteiger partial charge in [-0.05, 0) is 37.5 Å². The van der Waals surface area contributed by atoms with Crippen LogP contribution >= 0.6 is 0 Å². The zero-order chi connectivity index (χ0) is 17.6. The van der Waals surface area contributed by atoms with Crippen LogP contribution in [0, 0.1) is 11.8 Å². The summed E-state index contributed by atoms with van der Waals surface area (Å²) in [4.78, 5) is 20.3. The molecule has 0 aliphatic heterocycles. The van der Waals surface area contributed by atoms with Crippen molar-refractivity contribution < 1.29 is 19.8 Å². The van der Waals surface area contributed by atoms with Gasteiger partial charge in [-0.25, -0.2) is 0 Å². The van der Waals surface area contributed by atoms with Gasteiger partial charge >= 0.3 is 37.7 Å². The molecule has 0 aromatic carbocycles. The Hall–Kier alpha value is 0.200. The molecular weight excluding hydrogens is 344 g/mol. The van der Waals surface area contributed by atoms with Crippen LogP contribution in [0.4, 0.5) is 0 Å². The minimum absolute atomic E-state index is 0. The van der Waals surface area contributed by atoms with Crippen LogP contribution in [-0.4, -0.2) is 49.7 Å². The summed E-state index contributed by atoms with van der Waals surface area (Å²) in [5.41, 5.74) is 0. The molecule has 5 heteroatoms. The van der Waals surface area contributed by atoms with Crippen LogP contribution < -0.4 is 10.2 Å². The Bertz CT molecular complexity index is 314. The summed E-state index contributed by atoms with van der Waals surface area (Å²) in [6, 6.07) is 0. The maximum atomic E-state index is 10.1. The van der Waals surface area contributed by atoms with Gasteiger partial charge in [0.1, 0.15) is 0 Å². The normalized spacial score (nSPS) is 18.6. The van der Waals surface area contributed by atoms with Crippen LogP contribution in [0.5, 0.6) is 0 Å². The van der Waals surface area contributed by atoms with Gasteiger partial charge in [0.2, 0.25) is 0 Å². The van der Waals surface area contributed by atoms with Crippen molar-refractivity contribution in [1.29, 1.82) is 0 Å². The van der Waals surface area contributed by atoms with E-state index >= 15 is 0 Å². The second-order valence-electron chi connectivity index (χ2n) is 7.54. The molecular formula is C20H34CaO4. The van der Waals surface area contributed by atoms with Gasteiger partial charge in [-0.1, -0.05) is 77.0 Å². The number of rotatable bonds is 8. The van der Waals surface area contributed by atoms with Crippen molar-refractivity contribution in [2.75, 3.05) is 0 Å². The monoisotopic (exact) mass is 378 g/mol. The van der Waals surface area contributed by atoms with Crippen LogP contribution in [0.2, 0.25) is 0 Å². The first-order valence-electron chi connectivity index (χ1n) is 9.97.